The molecule has 0 bridgehead atoms. The number of aromatic amines is 1. The van der Waals surface area contributed by atoms with E-state index in [2.05, 4.69) is 15.5 Å². The molecule has 0 aliphatic carbocycles. The molecule has 8 heteroatoms. The molecule has 33 heavy (non-hydrogen) atoms. The average molecular weight is 444 g/mol. The SMILES string of the molecule is Cc1n[nH]c(C)c1CNC(=O)CCCN1C(=O)c2ccccc2N2C(=O)c3ccccc3[C@@H]12. The minimum atomic E-state index is -0.490. The fourth-order valence-electron chi connectivity index (χ4n) is 4.72. The lowest BCUT2D eigenvalue weighted by molar-refractivity contribution is -0.121. The molecule has 0 spiro atoms. The van der Waals surface area contributed by atoms with Crippen LogP contribution in [0, 0.1) is 13.8 Å². The van der Waals surface area contributed by atoms with Crippen LogP contribution in [0.25, 0.3) is 0 Å². The number of aromatic nitrogens is 2. The van der Waals surface area contributed by atoms with Gasteiger partial charge in [0.2, 0.25) is 5.91 Å². The topological polar surface area (TPSA) is 98.4 Å². The van der Waals surface area contributed by atoms with Crippen LogP contribution in [0.2, 0.25) is 0 Å². The zero-order chi connectivity index (χ0) is 23.1. The number of para-hydroxylation sites is 1. The van der Waals surface area contributed by atoms with Gasteiger partial charge in [-0.1, -0.05) is 30.3 Å². The molecule has 3 aromatic rings. The number of hydrogen-bond donors (Lipinski definition) is 2. The Morgan fingerprint density at radius 3 is 2.52 bits per heavy atom. The first-order valence-electron chi connectivity index (χ1n) is 11.1. The van der Waals surface area contributed by atoms with Gasteiger partial charge in [0.25, 0.3) is 11.8 Å². The highest BCUT2D eigenvalue weighted by Gasteiger charge is 2.47. The first-order valence-corrected chi connectivity index (χ1v) is 11.1. The van der Waals surface area contributed by atoms with Crippen molar-refractivity contribution in [2.45, 2.75) is 39.4 Å². The van der Waals surface area contributed by atoms with Crippen molar-refractivity contribution in [3.8, 4) is 0 Å². The van der Waals surface area contributed by atoms with Gasteiger partial charge in [0.1, 0.15) is 6.17 Å². The van der Waals surface area contributed by atoms with Crippen molar-refractivity contribution in [1.29, 1.82) is 0 Å². The van der Waals surface area contributed by atoms with E-state index in [1.807, 2.05) is 44.2 Å². The molecule has 0 saturated heterocycles. The fourth-order valence-corrected chi connectivity index (χ4v) is 4.72. The molecule has 1 aromatic heterocycles. The summed E-state index contributed by atoms with van der Waals surface area (Å²) in [5.41, 5.74) is 5.37. The van der Waals surface area contributed by atoms with Crippen LogP contribution in [0.15, 0.2) is 48.5 Å². The van der Waals surface area contributed by atoms with E-state index in [1.54, 1.807) is 28.0 Å². The number of benzene rings is 2. The van der Waals surface area contributed by atoms with E-state index in [1.165, 1.54) is 0 Å². The summed E-state index contributed by atoms with van der Waals surface area (Å²) in [4.78, 5) is 42.4. The predicted octanol–water partition coefficient (Wildman–Crippen LogP) is 3.24. The molecule has 2 aromatic carbocycles. The molecule has 1 atom stereocenters. The normalized spacial score (nSPS) is 16.5. The summed E-state index contributed by atoms with van der Waals surface area (Å²) in [5.74, 6) is -0.315. The van der Waals surface area contributed by atoms with Gasteiger partial charge in [-0.15, -0.1) is 0 Å². The summed E-state index contributed by atoms with van der Waals surface area (Å²) in [7, 11) is 0. The highest BCUT2D eigenvalue weighted by atomic mass is 16.2. The molecule has 0 unspecified atom stereocenters. The van der Waals surface area contributed by atoms with E-state index in [0.717, 1.165) is 22.5 Å². The molecule has 0 radical (unpaired) electrons. The van der Waals surface area contributed by atoms with E-state index in [4.69, 9.17) is 0 Å². The largest absolute Gasteiger partial charge is 0.352 e. The van der Waals surface area contributed by atoms with Crippen molar-refractivity contribution >= 4 is 23.4 Å². The average Bonchev–Trinajstić information content (AvgIpc) is 3.31. The third-order valence-electron chi connectivity index (χ3n) is 6.43. The molecule has 2 aliphatic heterocycles. The maximum Gasteiger partial charge on any atom is 0.260 e. The number of fused-ring (bicyclic) bond motifs is 5. The molecule has 3 amide bonds. The lowest BCUT2D eigenvalue weighted by atomic mass is 10.0. The Hall–Kier alpha value is -3.94. The summed E-state index contributed by atoms with van der Waals surface area (Å²) in [5, 5.41) is 10.00. The van der Waals surface area contributed by atoms with Crippen LogP contribution in [0.5, 0.6) is 0 Å². The Morgan fingerprint density at radius 1 is 1.03 bits per heavy atom. The minimum Gasteiger partial charge on any atom is -0.352 e. The van der Waals surface area contributed by atoms with Crippen molar-refractivity contribution in [2.75, 3.05) is 11.4 Å². The number of H-pyrrole nitrogens is 1. The van der Waals surface area contributed by atoms with Gasteiger partial charge in [0.05, 0.1) is 16.9 Å². The van der Waals surface area contributed by atoms with Crippen molar-refractivity contribution in [3.05, 3.63) is 82.2 Å². The molecule has 5 rings (SSSR count). The number of nitrogens with one attached hydrogen (secondary N) is 2. The number of rotatable bonds is 6. The third-order valence-corrected chi connectivity index (χ3v) is 6.43. The van der Waals surface area contributed by atoms with Crippen LogP contribution in [0.1, 0.15) is 62.2 Å². The molecule has 2 N–H and O–H groups in total. The third kappa shape index (κ3) is 3.47. The zero-order valence-electron chi connectivity index (χ0n) is 18.6. The molecule has 3 heterocycles. The van der Waals surface area contributed by atoms with Gasteiger partial charge in [-0.2, -0.15) is 5.10 Å². The summed E-state index contributed by atoms with van der Waals surface area (Å²) >= 11 is 0. The second-order valence-corrected chi connectivity index (χ2v) is 8.44. The van der Waals surface area contributed by atoms with E-state index in [-0.39, 0.29) is 24.1 Å². The first-order chi connectivity index (χ1) is 16.0. The van der Waals surface area contributed by atoms with Crippen LogP contribution in [0.3, 0.4) is 0 Å². The first kappa shape index (κ1) is 20.9. The molecule has 2 aliphatic rings. The molecular weight excluding hydrogens is 418 g/mol. The Kier molecular flexibility index (Phi) is 5.20. The zero-order valence-corrected chi connectivity index (χ0v) is 18.6. The van der Waals surface area contributed by atoms with Crippen molar-refractivity contribution < 1.29 is 14.4 Å². The quantitative estimate of drug-likeness (QED) is 0.611. The van der Waals surface area contributed by atoms with Gasteiger partial charge in [0, 0.05) is 41.9 Å². The maximum atomic E-state index is 13.4. The molecule has 168 valence electrons. The van der Waals surface area contributed by atoms with Gasteiger partial charge < -0.3 is 10.2 Å². The monoisotopic (exact) mass is 443 g/mol. The number of carbonyl (C=O) groups is 3. The van der Waals surface area contributed by atoms with Gasteiger partial charge in [-0.3, -0.25) is 24.4 Å². The Balaban J connectivity index is 1.32. The maximum absolute atomic E-state index is 13.4. The highest BCUT2D eigenvalue weighted by Crippen LogP contribution is 2.45. The van der Waals surface area contributed by atoms with Crippen LogP contribution in [-0.4, -0.2) is 39.4 Å². The molecular formula is C25H25N5O3. The number of amides is 3. The Bertz CT molecular complexity index is 1240. The second-order valence-electron chi connectivity index (χ2n) is 8.44. The summed E-state index contributed by atoms with van der Waals surface area (Å²) < 4.78 is 0. The highest BCUT2D eigenvalue weighted by molar-refractivity contribution is 6.16. The number of nitrogens with zero attached hydrogens (tertiary/aromatic N) is 3. The molecule has 0 saturated carbocycles. The van der Waals surface area contributed by atoms with Gasteiger partial charge in [-0.05, 0) is 38.5 Å². The van der Waals surface area contributed by atoms with Crippen molar-refractivity contribution in [3.63, 3.8) is 0 Å². The Labute approximate surface area is 191 Å². The Morgan fingerprint density at radius 2 is 1.76 bits per heavy atom. The summed E-state index contributed by atoms with van der Waals surface area (Å²) in [6.07, 6.45) is 0.281. The van der Waals surface area contributed by atoms with Crippen LogP contribution in [0.4, 0.5) is 5.69 Å². The van der Waals surface area contributed by atoms with Gasteiger partial charge >= 0.3 is 0 Å². The summed E-state index contributed by atoms with van der Waals surface area (Å²) in [6, 6.07) is 14.6. The van der Waals surface area contributed by atoms with E-state index in [9.17, 15) is 14.4 Å². The number of aryl methyl sites for hydroxylation is 2. The van der Waals surface area contributed by atoms with Crippen LogP contribution in [-0.2, 0) is 11.3 Å². The van der Waals surface area contributed by atoms with Gasteiger partial charge in [-0.25, -0.2) is 0 Å². The second kappa shape index (κ2) is 8.20. The lowest BCUT2D eigenvalue weighted by Crippen LogP contribution is -2.48. The fraction of sp³-hybridized carbons (Fsp3) is 0.280. The minimum absolute atomic E-state index is 0.0837. The lowest BCUT2D eigenvalue weighted by Gasteiger charge is -2.41. The van der Waals surface area contributed by atoms with E-state index < -0.39 is 6.17 Å². The number of carbonyl (C=O) groups excluding carboxylic acids is 3. The standard InChI is InChI=1S/C25H25N5O3/c1-15-20(16(2)28-27-15)14-26-22(31)12-7-13-29-23-17-8-3-4-9-18(17)25(33)30(23)21-11-6-5-10-19(21)24(29)32/h3-6,8-11,23H,7,12-14H2,1-2H3,(H,26,31)(H,27,28)/t23-/m0/s1. The predicted molar refractivity (Wildman–Crippen MR) is 123 cm³/mol. The molecule has 0 fully saturated rings. The smallest absolute Gasteiger partial charge is 0.260 e. The van der Waals surface area contributed by atoms with Crippen LogP contribution < -0.4 is 10.2 Å². The van der Waals surface area contributed by atoms with Crippen molar-refractivity contribution in [1.82, 2.24) is 20.4 Å². The van der Waals surface area contributed by atoms with E-state index in [0.29, 0.717) is 36.3 Å². The number of anilines is 1. The summed E-state index contributed by atoms with van der Waals surface area (Å²) in [6.45, 7) is 4.61. The number of hydrogen-bond acceptors (Lipinski definition) is 4. The molecule has 8 nitrogen and oxygen atoms in total. The van der Waals surface area contributed by atoms with Crippen molar-refractivity contribution in [2.24, 2.45) is 0 Å². The van der Waals surface area contributed by atoms with E-state index >= 15 is 0 Å². The van der Waals surface area contributed by atoms with Crippen LogP contribution >= 0.6 is 0 Å². The van der Waals surface area contributed by atoms with Gasteiger partial charge in [0.15, 0.2) is 0 Å².